The summed E-state index contributed by atoms with van der Waals surface area (Å²) < 4.78 is 1.57. The molecule has 0 aromatic carbocycles. The van der Waals surface area contributed by atoms with Crippen LogP contribution in [-0.4, -0.2) is 21.2 Å². The van der Waals surface area contributed by atoms with Crippen molar-refractivity contribution >= 4 is 11.5 Å². The number of nitrogens with zero attached hydrogens (tertiary/aromatic N) is 3. The average molecular weight is 264 g/mol. The summed E-state index contributed by atoms with van der Waals surface area (Å²) in [5.74, 6) is 0.514. The van der Waals surface area contributed by atoms with Crippen LogP contribution in [0.3, 0.4) is 0 Å². The first kappa shape index (κ1) is 13.6. The summed E-state index contributed by atoms with van der Waals surface area (Å²) in [4.78, 5) is 10.8. The van der Waals surface area contributed by atoms with Crippen LogP contribution in [0.5, 0.6) is 0 Å². The van der Waals surface area contributed by atoms with E-state index in [4.69, 9.17) is 0 Å². The van der Waals surface area contributed by atoms with Crippen LogP contribution in [0.1, 0.15) is 38.3 Å². The fourth-order valence-electron chi connectivity index (χ4n) is 2.50. The van der Waals surface area contributed by atoms with E-state index < -0.39 is 0 Å². The summed E-state index contributed by atoms with van der Waals surface area (Å²) in [6, 6.07) is 0. The molecule has 0 saturated heterocycles. The molecule has 1 aromatic rings. The minimum Gasteiger partial charge on any atom is -0.364 e. The second-order valence-electron chi connectivity index (χ2n) is 4.81. The minimum atomic E-state index is -0.344. The number of allylic oxidation sites excluding steroid dienone is 1. The van der Waals surface area contributed by atoms with E-state index in [9.17, 15) is 10.1 Å². The first-order valence-electron chi connectivity index (χ1n) is 6.75. The molecule has 0 unspecified atom stereocenters. The third-order valence-corrected chi connectivity index (χ3v) is 3.48. The first-order chi connectivity index (χ1) is 9.13. The molecule has 1 aliphatic carbocycles. The third kappa shape index (κ3) is 2.94. The van der Waals surface area contributed by atoms with E-state index >= 15 is 0 Å². The van der Waals surface area contributed by atoms with Gasteiger partial charge in [-0.3, -0.25) is 10.1 Å². The van der Waals surface area contributed by atoms with Gasteiger partial charge in [-0.1, -0.05) is 18.6 Å². The fraction of sp³-hybridized carbons (Fsp3) is 0.615. The Balaban J connectivity index is 2.06. The van der Waals surface area contributed by atoms with Crippen LogP contribution in [0.15, 0.2) is 11.6 Å². The van der Waals surface area contributed by atoms with Gasteiger partial charge in [0.25, 0.3) is 0 Å². The number of nitro groups is 1. The van der Waals surface area contributed by atoms with Gasteiger partial charge in [0.15, 0.2) is 0 Å². The summed E-state index contributed by atoms with van der Waals surface area (Å²) in [5, 5.41) is 18.5. The second-order valence-corrected chi connectivity index (χ2v) is 4.81. The number of nitrogens with one attached hydrogen (secondary N) is 1. The standard InChI is InChI=1S/C13H20N4O2/c1-3-11-12(17(18)19)13(16(2)15-11)14-9-8-10-6-4-5-7-10/h6,14H,3-5,7-9H2,1-2H3. The van der Waals surface area contributed by atoms with Crippen LogP contribution in [0, 0.1) is 10.1 Å². The lowest BCUT2D eigenvalue weighted by molar-refractivity contribution is -0.384. The predicted octanol–water partition coefficient (Wildman–Crippen LogP) is 2.80. The Kier molecular flexibility index (Phi) is 4.19. The number of aromatic nitrogens is 2. The van der Waals surface area contributed by atoms with Crippen LogP contribution in [0.25, 0.3) is 0 Å². The van der Waals surface area contributed by atoms with E-state index in [-0.39, 0.29) is 10.6 Å². The third-order valence-electron chi connectivity index (χ3n) is 3.48. The number of rotatable bonds is 6. The Morgan fingerprint density at radius 3 is 2.95 bits per heavy atom. The van der Waals surface area contributed by atoms with Crippen molar-refractivity contribution in [1.29, 1.82) is 0 Å². The van der Waals surface area contributed by atoms with Gasteiger partial charge in [0.2, 0.25) is 5.82 Å². The lowest BCUT2D eigenvalue weighted by atomic mass is 10.2. The molecule has 0 fully saturated rings. The van der Waals surface area contributed by atoms with E-state index in [1.165, 1.54) is 18.4 Å². The molecule has 1 aliphatic rings. The predicted molar refractivity (Wildman–Crippen MR) is 74.3 cm³/mol. The van der Waals surface area contributed by atoms with Crippen LogP contribution in [-0.2, 0) is 13.5 Å². The highest BCUT2D eigenvalue weighted by molar-refractivity contribution is 5.59. The van der Waals surface area contributed by atoms with Gasteiger partial charge in [0.1, 0.15) is 5.69 Å². The van der Waals surface area contributed by atoms with Gasteiger partial charge in [0.05, 0.1) is 4.92 Å². The Morgan fingerprint density at radius 2 is 2.37 bits per heavy atom. The van der Waals surface area contributed by atoms with E-state index in [2.05, 4.69) is 16.5 Å². The number of anilines is 1. The maximum absolute atomic E-state index is 11.1. The molecule has 0 aliphatic heterocycles. The zero-order chi connectivity index (χ0) is 13.8. The van der Waals surface area contributed by atoms with Gasteiger partial charge in [-0.25, -0.2) is 4.68 Å². The normalized spacial score (nSPS) is 14.5. The molecular weight excluding hydrogens is 244 g/mol. The van der Waals surface area contributed by atoms with Crippen molar-refractivity contribution in [2.45, 2.75) is 39.0 Å². The van der Waals surface area contributed by atoms with E-state index in [1.54, 1.807) is 11.7 Å². The molecule has 0 atom stereocenters. The lowest BCUT2D eigenvalue weighted by Gasteiger charge is -2.06. The van der Waals surface area contributed by atoms with Crippen LogP contribution >= 0.6 is 0 Å². The molecule has 2 rings (SSSR count). The largest absolute Gasteiger partial charge is 0.364 e. The minimum absolute atomic E-state index is 0.116. The van der Waals surface area contributed by atoms with Crippen molar-refractivity contribution in [3.63, 3.8) is 0 Å². The quantitative estimate of drug-likeness (QED) is 0.487. The van der Waals surface area contributed by atoms with Gasteiger partial charge in [0, 0.05) is 13.6 Å². The van der Waals surface area contributed by atoms with Gasteiger partial charge in [-0.05, 0) is 32.1 Å². The molecule has 0 radical (unpaired) electrons. The van der Waals surface area contributed by atoms with Crippen molar-refractivity contribution in [2.24, 2.45) is 7.05 Å². The smallest absolute Gasteiger partial charge is 0.333 e. The van der Waals surface area contributed by atoms with E-state index in [1.807, 2.05) is 6.92 Å². The van der Waals surface area contributed by atoms with Crippen molar-refractivity contribution in [3.05, 3.63) is 27.5 Å². The SMILES string of the molecule is CCc1nn(C)c(NCCC2=CCCC2)c1[N+](=O)[O-]. The average Bonchev–Trinajstić information content (AvgIpc) is 2.97. The molecule has 0 saturated carbocycles. The van der Waals surface area contributed by atoms with Crippen LogP contribution in [0.4, 0.5) is 11.5 Å². The van der Waals surface area contributed by atoms with Gasteiger partial charge in [-0.15, -0.1) is 0 Å². The molecular formula is C13H20N4O2. The molecule has 1 aromatic heterocycles. The van der Waals surface area contributed by atoms with Crippen molar-refractivity contribution in [3.8, 4) is 0 Å². The van der Waals surface area contributed by atoms with Crippen molar-refractivity contribution < 1.29 is 4.92 Å². The van der Waals surface area contributed by atoms with E-state index in [0.717, 1.165) is 19.4 Å². The molecule has 0 spiro atoms. The Labute approximate surface area is 112 Å². The summed E-state index contributed by atoms with van der Waals surface area (Å²) in [6.45, 7) is 2.60. The zero-order valence-electron chi connectivity index (χ0n) is 11.5. The zero-order valence-corrected chi connectivity index (χ0v) is 11.5. The highest BCUT2D eigenvalue weighted by Gasteiger charge is 2.25. The van der Waals surface area contributed by atoms with Crippen LogP contribution < -0.4 is 5.32 Å². The molecule has 19 heavy (non-hydrogen) atoms. The molecule has 1 N–H and O–H groups in total. The number of hydrogen-bond acceptors (Lipinski definition) is 4. The van der Waals surface area contributed by atoms with Crippen molar-refractivity contribution in [2.75, 3.05) is 11.9 Å². The maximum atomic E-state index is 11.1. The summed E-state index contributed by atoms with van der Waals surface area (Å²) in [7, 11) is 1.74. The van der Waals surface area contributed by atoms with Gasteiger partial charge >= 0.3 is 5.69 Å². The number of hydrogen-bond donors (Lipinski definition) is 1. The molecule has 0 bridgehead atoms. The molecule has 6 nitrogen and oxygen atoms in total. The second kappa shape index (κ2) is 5.86. The fourth-order valence-corrected chi connectivity index (χ4v) is 2.50. The highest BCUT2D eigenvalue weighted by Crippen LogP contribution is 2.29. The topological polar surface area (TPSA) is 73.0 Å². The summed E-state index contributed by atoms with van der Waals surface area (Å²) in [6.07, 6.45) is 7.36. The van der Waals surface area contributed by atoms with Crippen LogP contribution in [0.2, 0.25) is 0 Å². The van der Waals surface area contributed by atoms with E-state index in [0.29, 0.717) is 17.9 Å². The molecule has 6 heteroatoms. The highest BCUT2D eigenvalue weighted by atomic mass is 16.6. The summed E-state index contributed by atoms with van der Waals surface area (Å²) in [5.41, 5.74) is 2.11. The maximum Gasteiger partial charge on any atom is 0.333 e. The Hall–Kier alpha value is -1.85. The van der Waals surface area contributed by atoms with Gasteiger partial charge in [-0.2, -0.15) is 5.10 Å². The van der Waals surface area contributed by atoms with Gasteiger partial charge < -0.3 is 5.32 Å². The monoisotopic (exact) mass is 264 g/mol. The Bertz CT molecular complexity index is 505. The Morgan fingerprint density at radius 1 is 1.58 bits per heavy atom. The lowest BCUT2D eigenvalue weighted by Crippen LogP contribution is -2.08. The molecule has 1 heterocycles. The number of aryl methyl sites for hydroxylation is 2. The molecule has 104 valence electrons. The first-order valence-corrected chi connectivity index (χ1v) is 6.75. The summed E-state index contributed by atoms with van der Waals surface area (Å²) >= 11 is 0. The molecule has 0 amide bonds. The van der Waals surface area contributed by atoms with Crippen molar-refractivity contribution in [1.82, 2.24) is 9.78 Å².